The molecule has 1 fully saturated rings. The lowest BCUT2D eigenvalue weighted by Gasteiger charge is -2.36. The van der Waals surface area contributed by atoms with Crippen molar-refractivity contribution in [2.75, 3.05) is 31.1 Å². The molecule has 1 aliphatic carbocycles. The van der Waals surface area contributed by atoms with Crippen molar-refractivity contribution in [2.45, 2.75) is 25.8 Å². The van der Waals surface area contributed by atoms with Gasteiger partial charge in [0.05, 0.1) is 11.8 Å². The molecule has 4 rings (SSSR count). The largest absolute Gasteiger partial charge is 0.368 e. The zero-order valence-electron chi connectivity index (χ0n) is 14.2. The number of nitrogens with zero attached hydrogens (tertiary/aromatic N) is 4. The Hall–Kier alpha value is -2.63. The first-order valence-corrected chi connectivity index (χ1v) is 8.88. The van der Waals surface area contributed by atoms with Crippen LogP contribution in [-0.2, 0) is 17.8 Å². The van der Waals surface area contributed by atoms with Crippen molar-refractivity contribution in [3.05, 3.63) is 47.8 Å². The Kier molecular flexibility index (Phi) is 4.26. The lowest BCUT2D eigenvalue weighted by molar-refractivity contribution is -0.132. The minimum atomic E-state index is 0.0802. The van der Waals surface area contributed by atoms with Crippen LogP contribution in [0.25, 0.3) is 0 Å². The van der Waals surface area contributed by atoms with E-state index in [4.69, 9.17) is 0 Å². The summed E-state index contributed by atoms with van der Waals surface area (Å²) < 4.78 is 1.72. The number of Topliss-reactive ketones (excluding diaryl/α,β-unsaturated/α-hetero) is 1. The van der Waals surface area contributed by atoms with Crippen LogP contribution in [0.15, 0.2) is 36.5 Å². The highest BCUT2D eigenvalue weighted by atomic mass is 16.2. The third-order valence-corrected chi connectivity index (χ3v) is 5.11. The lowest BCUT2D eigenvalue weighted by atomic mass is 9.97. The predicted octanol–water partition coefficient (Wildman–Crippen LogP) is 1.75. The minimum absolute atomic E-state index is 0.0802. The van der Waals surface area contributed by atoms with Crippen LogP contribution in [0.2, 0.25) is 0 Å². The molecule has 0 spiro atoms. The van der Waals surface area contributed by atoms with E-state index in [1.807, 2.05) is 23.1 Å². The highest BCUT2D eigenvalue weighted by Crippen LogP contribution is 2.21. The number of para-hydroxylation sites is 1. The van der Waals surface area contributed by atoms with E-state index in [2.05, 4.69) is 22.1 Å². The standard InChI is InChI=1S/C19H22N4O2/c24-18-8-4-7-17-16(18)13-20-23(17)14-19(25)22-11-9-21(10-12-22)15-5-2-1-3-6-15/h1-3,5-6,13H,4,7-12,14H2. The molecule has 1 aromatic heterocycles. The van der Waals surface area contributed by atoms with Gasteiger partial charge in [-0.15, -0.1) is 0 Å². The summed E-state index contributed by atoms with van der Waals surface area (Å²) in [6, 6.07) is 10.3. The number of hydrogen-bond acceptors (Lipinski definition) is 4. The number of amides is 1. The van der Waals surface area contributed by atoms with Crippen molar-refractivity contribution < 1.29 is 9.59 Å². The SMILES string of the molecule is O=C1CCCc2c1cnn2CC(=O)N1CCN(c2ccccc2)CC1. The van der Waals surface area contributed by atoms with Gasteiger partial charge in [-0.25, -0.2) is 0 Å². The van der Waals surface area contributed by atoms with E-state index in [0.717, 1.165) is 44.7 Å². The van der Waals surface area contributed by atoms with Crippen LogP contribution in [0.5, 0.6) is 0 Å². The van der Waals surface area contributed by atoms with Crippen molar-refractivity contribution >= 4 is 17.4 Å². The van der Waals surface area contributed by atoms with Gasteiger partial charge in [-0.3, -0.25) is 14.3 Å². The van der Waals surface area contributed by atoms with Gasteiger partial charge in [-0.1, -0.05) is 18.2 Å². The van der Waals surface area contributed by atoms with Crippen LogP contribution in [0, 0.1) is 0 Å². The van der Waals surface area contributed by atoms with Crippen molar-refractivity contribution in [3.63, 3.8) is 0 Å². The molecule has 25 heavy (non-hydrogen) atoms. The number of piperazine rings is 1. The highest BCUT2D eigenvalue weighted by Gasteiger charge is 2.25. The Morgan fingerprint density at radius 2 is 1.80 bits per heavy atom. The second-order valence-corrected chi connectivity index (χ2v) is 6.64. The molecule has 1 saturated heterocycles. The van der Waals surface area contributed by atoms with E-state index in [1.165, 1.54) is 5.69 Å². The van der Waals surface area contributed by atoms with Crippen LogP contribution in [0.3, 0.4) is 0 Å². The predicted molar refractivity (Wildman–Crippen MR) is 94.7 cm³/mol. The Bertz CT molecular complexity index is 776. The van der Waals surface area contributed by atoms with Crippen molar-refractivity contribution in [1.82, 2.24) is 14.7 Å². The molecule has 1 aliphatic heterocycles. The molecule has 0 N–H and O–H groups in total. The average molecular weight is 338 g/mol. The molecule has 1 amide bonds. The van der Waals surface area contributed by atoms with Gasteiger partial charge >= 0.3 is 0 Å². The fraction of sp³-hybridized carbons (Fsp3) is 0.421. The number of hydrogen-bond donors (Lipinski definition) is 0. The molecular weight excluding hydrogens is 316 g/mol. The third kappa shape index (κ3) is 3.16. The van der Waals surface area contributed by atoms with Gasteiger partial charge < -0.3 is 9.80 Å². The maximum atomic E-state index is 12.6. The number of anilines is 1. The van der Waals surface area contributed by atoms with Gasteiger partial charge in [0.2, 0.25) is 5.91 Å². The van der Waals surface area contributed by atoms with Crippen molar-refractivity contribution in [1.29, 1.82) is 0 Å². The normalized spacial score (nSPS) is 17.5. The fourth-order valence-corrected chi connectivity index (χ4v) is 3.68. The summed E-state index contributed by atoms with van der Waals surface area (Å²) in [7, 11) is 0. The van der Waals surface area contributed by atoms with Gasteiger partial charge in [-0.2, -0.15) is 5.10 Å². The number of carbonyl (C=O) groups is 2. The first-order chi connectivity index (χ1) is 12.2. The number of ketones is 1. The van der Waals surface area contributed by atoms with E-state index in [-0.39, 0.29) is 18.2 Å². The molecule has 0 unspecified atom stereocenters. The van der Waals surface area contributed by atoms with Gasteiger partial charge in [0.1, 0.15) is 6.54 Å². The molecule has 6 nitrogen and oxygen atoms in total. The van der Waals surface area contributed by atoms with Crippen LogP contribution in [0.4, 0.5) is 5.69 Å². The monoisotopic (exact) mass is 338 g/mol. The number of fused-ring (bicyclic) bond motifs is 1. The first kappa shape index (κ1) is 15.9. The molecule has 2 aromatic rings. The topological polar surface area (TPSA) is 58.4 Å². The summed E-state index contributed by atoms with van der Waals surface area (Å²) in [5, 5.41) is 4.28. The maximum absolute atomic E-state index is 12.6. The van der Waals surface area contributed by atoms with Gasteiger partial charge in [-0.05, 0) is 25.0 Å². The van der Waals surface area contributed by atoms with E-state index >= 15 is 0 Å². The third-order valence-electron chi connectivity index (χ3n) is 5.11. The molecule has 1 aromatic carbocycles. The second kappa shape index (κ2) is 6.70. The smallest absolute Gasteiger partial charge is 0.244 e. The summed E-state index contributed by atoms with van der Waals surface area (Å²) in [5.41, 5.74) is 2.83. The summed E-state index contributed by atoms with van der Waals surface area (Å²) in [4.78, 5) is 28.7. The van der Waals surface area contributed by atoms with Gasteiger partial charge in [0, 0.05) is 44.0 Å². The maximum Gasteiger partial charge on any atom is 0.244 e. The average Bonchev–Trinajstić information content (AvgIpc) is 3.07. The van der Waals surface area contributed by atoms with Crippen LogP contribution in [0.1, 0.15) is 28.9 Å². The van der Waals surface area contributed by atoms with Gasteiger partial charge in [0.15, 0.2) is 5.78 Å². The molecule has 0 bridgehead atoms. The first-order valence-electron chi connectivity index (χ1n) is 8.88. The van der Waals surface area contributed by atoms with Crippen LogP contribution >= 0.6 is 0 Å². The van der Waals surface area contributed by atoms with Crippen LogP contribution < -0.4 is 4.90 Å². The van der Waals surface area contributed by atoms with E-state index in [0.29, 0.717) is 12.0 Å². The highest BCUT2D eigenvalue weighted by molar-refractivity contribution is 5.97. The minimum Gasteiger partial charge on any atom is -0.368 e. The molecule has 0 atom stereocenters. The molecular formula is C19H22N4O2. The van der Waals surface area contributed by atoms with E-state index in [9.17, 15) is 9.59 Å². The molecule has 2 aliphatic rings. The Morgan fingerprint density at radius 3 is 2.56 bits per heavy atom. The summed E-state index contributed by atoms with van der Waals surface area (Å²) in [6.07, 6.45) is 3.89. The number of aromatic nitrogens is 2. The quantitative estimate of drug-likeness (QED) is 0.855. The number of rotatable bonds is 3. The number of benzene rings is 1. The van der Waals surface area contributed by atoms with Gasteiger partial charge in [0.25, 0.3) is 0 Å². The summed E-state index contributed by atoms with van der Waals surface area (Å²) >= 11 is 0. The fourth-order valence-electron chi connectivity index (χ4n) is 3.68. The van der Waals surface area contributed by atoms with Crippen molar-refractivity contribution in [3.8, 4) is 0 Å². The zero-order chi connectivity index (χ0) is 17.2. The van der Waals surface area contributed by atoms with E-state index < -0.39 is 0 Å². The van der Waals surface area contributed by atoms with Crippen molar-refractivity contribution in [2.24, 2.45) is 0 Å². The summed E-state index contributed by atoms with van der Waals surface area (Å²) in [6.45, 7) is 3.34. The molecule has 6 heteroatoms. The Morgan fingerprint density at radius 1 is 1.04 bits per heavy atom. The molecule has 130 valence electrons. The lowest BCUT2D eigenvalue weighted by Crippen LogP contribution is -2.49. The van der Waals surface area contributed by atoms with E-state index in [1.54, 1.807) is 10.9 Å². The Labute approximate surface area is 147 Å². The molecule has 0 radical (unpaired) electrons. The second-order valence-electron chi connectivity index (χ2n) is 6.64. The summed E-state index contributed by atoms with van der Waals surface area (Å²) in [5.74, 6) is 0.230. The Balaban J connectivity index is 1.38. The zero-order valence-corrected chi connectivity index (χ0v) is 14.2. The molecule has 0 saturated carbocycles. The van der Waals surface area contributed by atoms with Crippen LogP contribution in [-0.4, -0.2) is 52.5 Å². The molecule has 2 heterocycles. The number of carbonyl (C=O) groups excluding carboxylic acids is 2.